The molecule has 0 atom stereocenters. The molecule has 0 saturated carbocycles. The second kappa shape index (κ2) is 5.74. The second-order valence-corrected chi connectivity index (χ2v) is 5.03. The minimum atomic E-state index is -0.331. The first-order valence-corrected chi connectivity index (χ1v) is 6.98. The SMILES string of the molecule is CCCNc1c(C)c(CC)nc2c(Cl)cc(F)cc12. The van der Waals surface area contributed by atoms with Crippen LogP contribution in [0, 0.1) is 12.7 Å². The average molecular weight is 281 g/mol. The van der Waals surface area contributed by atoms with Gasteiger partial charge in [0.1, 0.15) is 5.82 Å². The van der Waals surface area contributed by atoms with Gasteiger partial charge in [-0.3, -0.25) is 4.98 Å². The van der Waals surface area contributed by atoms with Crippen LogP contribution in [0.15, 0.2) is 12.1 Å². The monoisotopic (exact) mass is 280 g/mol. The zero-order valence-electron chi connectivity index (χ0n) is 11.5. The summed E-state index contributed by atoms with van der Waals surface area (Å²) >= 11 is 6.12. The van der Waals surface area contributed by atoms with Crippen molar-refractivity contribution in [2.24, 2.45) is 0 Å². The average Bonchev–Trinajstić information content (AvgIpc) is 2.37. The number of nitrogens with zero attached hydrogens (tertiary/aromatic N) is 1. The van der Waals surface area contributed by atoms with E-state index in [1.165, 1.54) is 12.1 Å². The number of hydrogen-bond donors (Lipinski definition) is 1. The molecule has 0 spiro atoms. The molecule has 0 unspecified atom stereocenters. The fraction of sp³-hybridized carbons (Fsp3) is 0.400. The van der Waals surface area contributed by atoms with E-state index in [-0.39, 0.29) is 5.82 Å². The van der Waals surface area contributed by atoms with Crippen molar-refractivity contribution in [1.29, 1.82) is 0 Å². The standard InChI is InChI=1S/C15H18ClFN2/c1-4-6-18-14-9(3)13(5-2)19-15-11(14)7-10(17)8-12(15)16/h7-8H,4-6H2,1-3H3,(H,18,19). The maximum atomic E-state index is 13.6. The summed E-state index contributed by atoms with van der Waals surface area (Å²) in [6, 6.07) is 2.81. The molecule has 19 heavy (non-hydrogen) atoms. The van der Waals surface area contributed by atoms with Crippen LogP contribution in [0.3, 0.4) is 0 Å². The predicted octanol–water partition coefficient (Wildman–Crippen LogP) is 4.72. The summed E-state index contributed by atoms with van der Waals surface area (Å²) in [4.78, 5) is 4.56. The smallest absolute Gasteiger partial charge is 0.125 e. The van der Waals surface area contributed by atoms with Crippen molar-refractivity contribution in [3.63, 3.8) is 0 Å². The minimum Gasteiger partial charge on any atom is -0.384 e. The van der Waals surface area contributed by atoms with Crippen molar-refractivity contribution < 1.29 is 4.39 Å². The van der Waals surface area contributed by atoms with Crippen molar-refractivity contribution in [2.75, 3.05) is 11.9 Å². The van der Waals surface area contributed by atoms with Gasteiger partial charge in [-0.1, -0.05) is 25.4 Å². The Morgan fingerprint density at radius 1 is 1.32 bits per heavy atom. The van der Waals surface area contributed by atoms with Crippen LogP contribution in [0.5, 0.6) is 0 Å². The number of anilines is 1. The summed E-state index contributed by atoms with van der Waals surface area (Å²) in [5.41, 5.74) is 3.69. The highest BCUT2D eigenvalue weighted by Crippen LogP contribution is 2.33. The van der Waals surface area contributed by atoms with Gasteiger partial charge in [-0.25, -0.2) is 4.39 Å². The van der Waals surface area contributed by atoms with Crippen LogP contribution >= 0.6 is 11.6 Å². The molecule has 1 aromatic carbocycles. The Balaban J connectivity index is 2.75. The molecule has 0 fully saturated rings. The van der Waals surface area contributed by atoms with Gasteiger partial charge in [0, 0.05) is 23.3 Å². The maximum absolute atomic E-state index is 13.6. The van der Waals surface area contributed by atoms with Crippen LogP contribution < -0.4 is 5.32 Å². The Hall–Kier alpha value is -1.35. The van der Waals surface area contributed by atoms with Crippen LogP contribution in [0.2, 0.25) is 5.02 Å². The van der Waals surface area contributed by atoms with Gasteiger partial charge in [0.2, 0.25) is 0 Å². The summed E-state index contributed by atoms with van der Waals surface area (Å²) < 4.78 is 13.6. The number of pyridine rings is 1. The molecule has 0 saturated heterocycles. The summed E-state index contributed by atoms with van der Waals surface area (Å²) in [6.45, 7) is 7.02. The number of rotatable bonds is 4. The Morgan fingerprint density at radius 2 is 2.05 bits per heavy atom. The van der Waals surface area contributed by atoms with E-state index in [0.29, 0.717) is 10.5 Å². The first-order valence-electron chi connectivity index (χ1n) is 6.60. The Labute approximate surface area is 118 Å². The third kappa shape index (κ3) is 2.66. The lowest BCUT2D eigenvalue weighted by Gasteiger charge is -2.16. The lowest BCUT2D eigenvalue weighted by Crippen LogP contribution is -2.06. The molecule has 0 aliphatic rings. The predicted molar refractivity (Wildman–Crippen MR) is 79.6 cm³/mol. The van der Waals surface area contributed by atoms with Crippen LogP contribution in [0.4, 0.5) is 10.1 Å². The Morgan fingerprint density at radius 3 is 2.68 bits per heavy atom. The molecule has 0 bridgehead atoms. The number of aryl methyl sites for hydroxylation is 1. The van der Waals surface area contributed by atoms with E-state index in [4.69, 9.17) is 11.6 Å². The fourth-order valence-corrected chi connectivity index (χ4v) is 2.51. The number of hydrogen-bond acceptors (Lipinski definition) is 2. The van der Waals surface area contributed by atoms with Gasteiger partial charge >= 0.3 is 0 Å². The van der Waals surface area contributed by atoms with Gasteiger partial charge in [0.05, 0.1) is 10.5 Å². The van der Waals surface area contributed by atoms with E-state index in [0.717, 1.165) is 41.7 Å². The lowest BCUT2D eigenvalue weighted by atomic mass is 10.0. The van der Waals surface area contributed by atoms with E-state index in [2.05, 4.69) is 24.1 Å². The lowest BCUT2D eigenvalue weighted by molar-refractivity contribution is 0.629. The number of nitrogens with one attached hydrogen (secondary N) is 1. The zero-order chi connectivity index (χ0) is 14.0. The largest absolute Gasteiger partial charge is 0.384 e. The number of fused-ring (bicyclic) bond motifs is 1. The maximum Gasteiger partial charge on any atom is 0.125 e. The molecular formula is C15H18ClFN2. The van der Waals surface area contributed by atoms with Gasteiger partial charge in [0.15, 0.2) is 0 Å². The normalized spacial score (nSPS) is 11.0. The van der Waals surface area contributed by atoms with Crippen LogP contribution in [-0.2, 0) is 6.42 Å². The molecule has 1 heterocycles. The highest BCUT2D eigenvalue weighted by atomic mass is 35.5. The molecule has 0 amide bonds. The fourth-order valence-electron chi connectivity index (χ4n) is 2.26. The quantitative estimate of drug-likeness (QED) is 0.876. The summed E-state index contributed by atoms with van der Waals surface area (Å²) in [5, 5.41) is 4.49. The van der Waals surface area contributed by atoms with Gasteiger partial charge < -0.3 is 5.32 Å². The summed E-state index contributed by atoms with van der Waals surface area (Å²) in [6.07, 6.45) is 1.84. The van der Waals surface area contributed by atoms with Crippen LogP contribution in [0.1, 0.15) is 31.5 Å². The highest BCUT2D eigenvalue weighted by molar-refractivity contribution is 6.35. The summed E-state index contributed by atoms with van der Waals surface area (Å²) in [7, 11) is 0. The van der Waals surface area contributed by atoms with E-state index in [1.54, 1.807) is 0 Å². The molecule has 0 radical (unpaired) electrons. The molecule has 1 aromatic heterocycles. The second-order valence-electron chi connectivity index (χ2n) is 4.62. The number of benzene rings is 1. The molecule has 2 aromatic rings. The topological polar surface area (TPSA) is 24.9 Å². The van der Waals surface area contributed by atoms with Crippen LogP contribution in [-0.4, -0.2) is 11.5 Å². The van der Waals surface area contributed by atoms with E-state index in [1.807, 2.05) is 6.92 Å². The van der Waals surface area contributed by atoms with Gasteiger partial charge in [-0.15, -0.1) is 0 Å². The molecule has 2 nitrogen and oxygen atoms in total. The van der Waals surface area contributed by atoms with Crippen molar-refractivity contribution in [3.05, 3.63) is 34.2 Å². The Bertz CT molecular complexity index is 611. The van der Waals surface area contributed by atoms with Crippen molar-refractivity contribution in [2.45, 2.75) is 33.6 Å². The molecule has 1 N–H and O–H groups in total. The number of aromatic nitrogens is 1. The van der Waals surface area contributed by atoms with Gasteiger partial charge in [-0.2, -0.15) is 0 Å². The molecular weight excluding hydrogens is 263 g/mol. The minimum absolute atomic E-state index is 0.331. The van der Waals surface area contributed by atoms with E-state index in [9.17, 15) is 4.39 Å². The molecule has 0 aliphatic heterocycles. The highest BCUT2D eigenvalue weighted by Gasteiger charge is 2.14. The molecule has 2 rings (SSSR count). The van der Waals surface area contributed by atoms with Gasteiger partial charge in [-0.05, 0) is 37.5 Å². The van der Waals surface area contributed by atoms with E-state index < -0.39 is 0 Å². The molecule has 0 aliphatic carbocycles. The van der Waals surface area contributed by atoms with Crippen molar-refractivity contribution in [1.82, 2.24) is 4.98 Å². The zero-order valence-corrected chi connectivity index (χ0v) is 12.2. The van der Waals surface area contributed by atoms with Crippen LogP contribution in [0.25, 0.3) is 10.9 Å². The molecule has 102 valence electrons. The Kier molecular flexibility index (Phi) is 4.25. The molecule has 4 heteroatoms. The van der Waals surface area contributed by atoms with E-state index >= 15 is 0 Å². The van der Waals surface area contributed by atoms with Gasteiger partial charge in [0.25, 0.3) is 0 Å². The third-order valence-electron chi connectivity index (χ3n) is 3.24. The van der Waals surface area contributed by atoms with Crippen molar-refractivity contribution >= 4 is 28.2 Å². The van der Waals surface area contributed by atoms with Crippen molar-refractivity contribution in [3.8, 4) is 0 Å². The first-order chi connectivity index (χ1) is 9.08. The number of halogens is 2. The first kappa shape index (κ1) is 14.1. The third-order valence-corrected chi connectivity index (χ3v) is 3.53. The summed E-state index contributed by atoms with van der Waals surface area (Å²) in [5.74, 6) is -0.331.